The monoisotopic (exact) mass is 433 g/mol. The van der Waals surface area contributed by atoms with E-state index in [0.29, 0.717) is 12.1 Å². The maximum atomic E-state index is 13.1. The number of rotatable bonds is 6. The number of carbonyl (C=O) groups is 2. The lowest BCUT2D eigenvalue weighted by molar-refractivity contribution is -0.161. The maximum Gasteiger partial charge on any atom is 0.355 e. The van der Waals surface area contributed by atoms with Crippen molar-refractivity contribution in [1.82, 2.24) is 4.90 Å². The first-order valence-electron chi connectivity index (χ1n) is 10.0. The minimum Gasteiger partial charge on any atom is -0.464 e. The van der Waals surface area contributed by atoms with E-state index in [1.165, 1.54) is 18.9 Å². The molecule has 2 aliphatic heterocycles. The van der Waals surface area contributed by atoms with Crippen molar-refractivity contribution < 1.29 is 18.8 Å². The normalized spacial score (nSPS) is 23.0. The van der Waals surface area contributed by atoms with Crippen molar-refractivity contribution in [2.45, 2.75) is 69.3 Å². The van der Waals surface area contributed by atoms with Gasteiger partial charge in [-0.25, -0.2) is 4.79 Å². The molecule has 3 atom stereocenters. The van der Waals surface area contributed by atoms with E-state index in [0.717, 1.165) is 9.80 Å². The Morgan fingerprint density at radius 2 is 1.86 bits per heavy atom. The number of thioether (sulfide) groups is 1. The molecule has 0 saturated carbocycles. The molecule has 0 spiro atoms. The Morgan fingerprint density at radius 1 is 1.24 bits per heavy atom. The fourth-order valence-corrected chi connectivity index (χ4v) is 6.28. The first kappa shape index (κ1) is 22.1. The van der Waals surface area contributed by atoms with Gasteiger partial charge in [0.25, 0.3) is 0 Å². The third-order valence-electron chi connectivity index (χ3n) is 6.32. The molecule has 2 aliphatic rings. The Morgan fingerprint density at radius 3 is 2.41 bits per heavy atom. The van der Waals surface area contributed by atoms with Crippen LogP contribution in [-0.2, 0) is 18.8 Å². The number of hydrogen-bond donors (Lipinski definition) is 0. The van der Waals surface area contributed by atoms with Gasteiger partial charge in [-0.15, -0.1) is 0 Å². The van der Waals surface area contributed by atoms with Gasteiger partial charge < -0.3 is 14.1 Å². The highest BCUT2D eigenvalue weighted by Gasteiger charge is 2.58. The number of fused-ring (bicyclic) bond motifs is 1. The van der Waals surface area contributed by atoms with E-state index in [4.69, 9.17) is 9.16 Å². The van der Waals surface area contributed by atoms with Crippen molar-refractivity contribution in [2.24, 2.45) is 5.92 Å². The minimum absolute atomic E-state index is 0.0368. The molecule has 1 amide bonds. The predicted octanol–water partition coefficient (Wildman–Crippen LogP) is 4.80. The summed E-state index contributed by atoms with van der Waals surface area (Å²) in [6, 6.07) is 9.86. The molecule has 0 N–H and O–H groups in total. The third-order valence-corrected chi connectivity index (χ3v) is 12.0. The molecular formula is C22H31NO4SSi. The van der Waals surface area contributed by atoms with Gasteiger partial charge in [-0.1, -0.05) is 50.7 Å². The molecule has 3 rings (SSSR count). The van der Waals surface area contributed by atoms with Gasteiger partial charge in [-0.3, -0.25) is 4.79 Å². The molecule has 1 saturated heterocycles. The molecule has 1 aromatic carbocycles. The zero-order valence-electron chi connectivity index (χ0n) is 18.3. The van der Waals surface area contributed by atoms with Crippen molar-refractivity contribution in [3.63, 3.8) is 0 Å². The Hall–Kier alpha value is -1.57. The van der Waals surface area contributed by atoms with Crippen LogP contribution in [0.1, 0.15) is 34.1 Å². The van der Waals surface area contributed by atoms with Crippen LogP contribution < -0.4 is 0 Å². The number of β-lactam (4-membered cyclic amide) rings is 1. The summed E-state index contributed by atoms with van der Waals surface area (Å²) in [5.74, 6) is -0.710. The van der Waals surface area contributed by atoms with E-state index in [9.17, 15) is 9.59 Å². The number of hydrogen-bond acceptors (Lipinski definition) is 5. The number of esters is 1. The molecular weight excluding hydrogens is 402 g/mol. The molecule has 0 bridgehead atoms. The van der Waals surface area contributed by atoms with Gasteiger partial charge in [-0.05, 0) is 37.2 Å². The number of carbonyl (C=O) groups excluding carboxylic acids is 2. The largest absolute Gasteiger partial charge is 0.464 e. The molecule has 29 heavy (non-hydrogen) atoms. The fourth-order valence-electron chi connectivity index (χ4n) is 3.74. The highest BCUT2D eigenvalue weighted by molar-refractivity contribution is 8.03. The zero-order chi connectivity index (χ0) is 21.6. The fraction of sp³-hybridized carbons (Fsp3) is 0.545. The van der Waals surface area contributed by atoms with Gasteiger partial charge in [0, 0.05) is 16.2 Å². The number of nitrogens with zero attached hydrogens (tertiary/aromatic N) is 1. The quantitative estimate of drug-likeness (QED) is 0.366. The van der Waals surface area contributed by atoms with Crippen LogP contribution in [0.4, 0.5) is 0 Å². The van der Waals surface area contributed by atoms with Crippen LogP contribution in [0.25, 0.3) is 0 Å². The molecule has 7 heteroatoms. The van der Waals surface area contributed by atoms with Gasteiger partial charge in [0.2, 0.25) is 5.91 Å². The topological polar surface area (TPSA) is 55.8 Å². The smallest absolute Gasteiger partial charge is 0.355 e. The number of ether oxygens (including phenoxy) is 1. The van der Waals surface area contributed by atoms with Crippen LogP contribution in [0, 0.1) is 5.92 Å². The van der Waals surface area contributed by atoms with Crippen LogP contribution in [-0.4, -0.2) is 44.3 Å². The average molecular weight is 434 g/mol. The molecule has 1 aromatic rings. The highest BCUT2D eigenvalue weighted by Crippen LogP contribution is 2.50. The van der Waals surface area contributed by atoms with E-state index < -0.39 is 14.3 Å². The molecule has 0 radical (unpaired) electrons. The van der Waals surface area contributed by atoms with Crippen LogP contribution in [0.3, 0.4) is 0 Å². The lowest BCUT2D eigenvalue weighted by atomic mass is 9.83. The van der Waals surface area contributed by atoms with Gasteiger partial charge in [0.15, 0.2) is 8.32 Å². The summed E-state index contributed by atoms with van der Waals surface area (Å²) < 4.78 is 11.5. The van der Waals surface area contributed by atoms with E-state index in [1.54, 1.807) is 4.90 Å². The SMILES string of the molecule is COC(=O)C1=C(Sc2ccccc2)C[C@@H]2[C@@H]([C@@H](C)O[Si](C)(C)C(C)(C)C)C(=O)N12. The Labute approximate surface area is 179 Å². The molecule has 2 heterocycles. The molecule has 0 aliphatic carbocycles. The molecule has 0 aromatic heterocycles. The van der Waals surface area contributed by atoms with Crippen LogP contribution >= 0.6 is 11.8 Å². The van der Waals surface area contributed by atoms with Crippen LogP contribution in [0.2, 0.25) is 18.1 Å². The number of benzene rings is 1. The second-order valence-electron chi connectivity index (χ2n) is 9.27. The lowest BCUT2D eigenvalue weighted by Gasteiger charge is -2.48. The van der Waals surface area contributed by atoms with Crippen LogP contribution in [0.5, 0.6) is 0 Å². The van der Waals surface area contributed by atoms with E-state index in [2.05, 4.69) is 33.9 Å². The summed E-state index contributed by atoms with van der Waals surface area (Å²) in [6.45, 7) is 13.0. The second kappa shape index (κ2) is 7.93. The van der Waals surface area contributed by atoms with E-state index in [-0.39, 0.29) is 29.0 Å². The summed E-state index contributed by atoms with van der Waals surface area (Å²) in [5, 5.41) is 0.0766. The highest BCUT2D eigenvalue weighted by atomic mass is 32.2. The first-order valence-corrected chi connectivity index (χ1v) is 13.8. The summed E-state index contributed by atoms with van der Waals surface area (Å²) >= 11 is 1.54. The first-order chi connectivity index (χ1) is 13.5. The number of amides is 1. The summed E-state index contributed by atoms with van der Waals surface area (Å²) in [4.78, 5) is 29.1. The van der Waals surface area contributed by atoms with Gasteiger partial charge >= 0.3 is 5.97 Å². The number of methoxy groups -OCH3 is 1. The van der Waals surface area contributed by atoms with Crippen LogP contribution in [0.15, 0.2) is 45.8 Å². The molecule has 0 unspecified atom stereocenters. The Kier molecular flexibility index (Phi) is 6.05. The molecule has 1 fully saturated rings. The molecule has 5 nitrogen and oxygen atoms in total. The zero-order valence-corrected chi connectivity index (χ0v) is 20.1. The maximum absolute atomic E-state index is 13.1. The van der Waals surface area contributed by atoms with Gasteiger partial charge in [-0.2, -0.15) is 0 Å². The summed E-state index contributed by atoms with van der Waals surface area (Å²) in [6.07, 6.45) is 0.482. The van der Waals surface area contributed by atoms with Crippen molar-refractivity contribution in [3.05, 3.63) is 40.9 Å². The summed E-state index contributed by atoms with van der Waals surface area (Å²) in [5.41, 5.74) is 0.395. The second-order valence-corrected chi connectivity index (χ2v) is 15.2. The predicted molar refractivity (Wildman–Crippen MR) is 118 cm³/mol. The van der Waals surface area contributed by atoms with Crippen molar-refractivity contribution in [2.75, 3.05) is 7.11 Å². The molecule has 158 valence electrons. The van der Waals surface area contributed by atoms with Crippen molar-refractivity contribution in [3.8, 4) is 0 Å². The van der Waals surface area contributed by atoms with E-state index in [1.807, 2.05) is 37.3 Å². The van der Waals surface area contributed by atoms with Crippen molar-refractivity contribution in [1.29, 1.82) is 0 Å². The third kappa shape index (κ3) is 4.05. The summed E-state index contributed by atoms with van der Waals surface area (Å²) in [7, 11) is -0.632. The Bertz CT molecular complexity index is 831. The minimum atomic E-state index is -1.99. The van der Waals surface area contributed by atoms with Gasteiger partial charge in [0.05, 0.1) is 25.2 Å². The standard InChI is InChI=1S/C22H31NO4SSi/c1-14(27-29(6,7)22(2,3)4)18-16-13-17(28-15-11-9-8-10-12-15)19(21(25)26-5)23(16)20(18)24/h8-12,14,16,18H,13H2,1-7H3/t14-,16-,18-/m1/s1. The lowest BCUT2D eigenvalue weighted by Crippen LogP contribution is -2.63. The average Bonchev–Trinajstić information content (AvgIpc) is 2.94. The Balaban J connectivity index is 1.81. The van der Waals surface area contributed by atoms with Crippen molar-refractivity contribution >= 4 is 32.0 Å². The van der Waals surface area contributed by atoms with E-state index >= 15 is 0 Å². The van der Waals surface area contributed by atoms with Gasteiger partial charge in [0.1, 0.15) is 5.70 Å².